The van der Waals surface area contributed by atoms with Gasteiger partial charge in [0, 0.05) is 0 Å². The molecule has 3 atom stereocenters. The average Bonchev–Trinajstić information content (AvgIpc) is 3.46. The van der Waals surface area contributed by atoms with E-state index in [1.54, 1.807) is 0 Å². The maximum absolute atomic E-state index is 13.2. The van der Waals surface area contributed by atoms with Gasteiger partial charge < -0.3 is 29.3 Å². The third-order valence-corrected chi connectivity index (χ3v) is 11.5. The van der Waals surface area contributed by atoms with Crippen LogP contribution < -0.4 is 21.0 Å². The topological polar surface area (TPSA) is 127 Å². The Kier molecular flexibility index (Phi) is 9.85. The van der Waals surface area contributed by atoms with Crippen LogP contribution in [-0.2, 0) is 18.8 Å². The van der Waals surface area contributed by atoms with Crippen molar-refractivity contribution >= 4 is 36.5 Å². The lowest BCUT2D eigenvalue weighted by Gasteiger charge is -2.43. The van der Waals surface area contributed by atoms with Gasteiger partial charge in [-0.1, -0.05) is 81.4 Å². The Morgan fingerprint density at radius 1 is 0.923 bits per heavy atom. The van der Waals surface area contributed by atoms with Crippen LogP contribution in [0.5, 0.6) is 0 Å². The van der Waals surface area contributed by atoms with E-state index in [2.05, 4.69) is 31.4 Å². The molecule has 0 aliphatic rings. The number of esters is 1. The SMILES string of the molecule is COC(=O)C(CO[Si](c1ccccc1)(c1ccccc1)C(C)(C)C)NC(=O)C(NC(=O)c1ccco1)C(C)O. The van der Waals surface area contributed by atoms with Crippen molar-refractivity contribution in [3.05, 3.63) is 84.8 Å². The fourth-order valence-electron chi connectivity index (χ4n) is 4.57. The van der Waals surface area contributed by atoms with Crippen molar-refractivity contribution in [3.8, 4) is 0 Å². The zero-order valence-electron chi connectivity index (χ0n) is 22.8. The second kappa shape index (κ2) is 12.9. The number of hydrogen-bond donors (Lipinski definition) is 3. The van der Waals surface area contributed by atoms with Crippen molar-refractivity contribution in [1.82, 2.24) is 10.6 Å². The first kappa shape index (κ1) is 29.8. The number of carbonyl (C=O) groups is 3. The Hall–Kier alpha value is -3.73. The van der Waals surface area contributed by atoms with Gasteiger partial charge in [0.15, 0.2) is 5.76 Å². The second-order valence-corrected chi connectivity index (χ2v) is 14.5. The molecule has 10 heteroatoms. The second-order valence-electron chi connectivity index (χ2n) is 10.2. The molecule has 2 amide bonds. The zero-order valence-corrected chi connectivity index (χ0v) is 23.8. The first-order valence-corrected chi connectivity index (χ1v) is 14.6. The van der Waals surface area contributed by atoms with Gasteiger partial charge in [-0.15, -0.1) is 0 Å². The summed E-state index contributed by atoms with van der Waals surface area (Å²) in [6.07, 6.45) is 0.0572. The number of methoxy groups -OCH3 is 1. The Balaban J connectivity index is 1.92. The molecule has 0 spiro atoms. The van der Waals surface area contributed by atoms with Crippen LogP contribution in [0.1, 0.15) is 38.2 Å². The molecule has 3 rings (SSSR count). The van der Waals surface area contributed by atoms with E-state index < -0.39 is 44.3 Å². The number of hydrogen-bond acceptors (Lipinski definition) is 7. The quantitative estimate of drug-likeness (QED) is 0.245. The van der Waals surface area contributed by atoms with E-state index in [0.717, 1.165) is 10.4 Å². The first-order chi connectivity index (χ1) is 18.5. The number of amides is 2. The minimum Gasteiger partial charge on any atom is -0.467 e. The molecule has 3 unspecified atom stereocenters. The van der Waals surface area contributed by atoms with Gasteiger partial charge in [0.2, 0.25) is 5.91 Å². The number of benzene rings is 2. The van der Waals surface area contributed by atoms with Crippen LogP contribution >= 0.6 is 0 Å². The molecule has 0 radical (unpaired) electrons. The van der Waals surface area contributed by atoms with Crippen LogP contribution in [0.2, 0.25) is 5.04 Å². The maximum atomic E-state index is 13.2. The predicted octanol–water partition coefficient (Wildman–Crippen LogP) is 1.99. The van der Waals surface area contributed by atoms with E-state index >= 15 is 0 Å². The fraction of sp³-hybridized carbons (Fsp3) is 0.345. The van der Waals surface area contributed by atoms with E-state index in [-0.39, 0.29) is 17.4 Å². The molecule has 3 aromatic rings. The van der Waals surface area contributed by atoms with Crippen LogP contribution in [0.4, 0.5) is 0 Å². The molecule has 2 aromatic carbocycles. The summed E-state index contributed by atoms with van der Waals surface area (Å²) in [5.74, 6) is -2.19. The monoisotopic (exact) mass is 552 g/mol. The van der Waals surface area contributed by atoms with E-state index in [0.29, 0.717) is 0 Å². The molecule has 3 N–H and O–H groups in total. The minimum atomic E-state index is -3.02. The molecule has 0 bridgehead atoms. The highest BCUT2D eigenvalue weighted by Gasteiger charge is 2.50. The largest absolute Gasteiger partial charge is 0.467 e. The molecule has 9 nitrogen and oxygen atoms in total. The summed E-state index contributed by atoms with van der Waals surface area (Å²) in [5, 5.41) is 17.0. The third kappa shape index (κ3) is 6.83. The molecule has 0 fully saturated rings. The fourth-order valence-corrected chi connectivity index (χ4v) is 9.14. The molecule has 1 aromatic heterocycles. The Labute approximate surface area is 229 Å². The van der Waals surface area contributed by atoms with Crippen molar-refractivity contribution in [3.63, 3.8) is 0 Å². The van der Waals surface area contributed by atoms with Gasteiger partial charge in [-0.25, -0.2) is 4.79 Å². The molecule has 0 saturated carbocycles. The van der Waals surface area contributed by atoms with Gasteiger partial charge in [0.1, 0.15) is 12.1 Å². The van der Waals surface area contributed by atoms with Crippen LogP contribution in [-0.4, -0.2) is 63.1 Å². The van der Waals surface area contributed by atoms with Gasteiger partial charge in [-0.2, -0.15) is 0 Å². The highest BCUT2D eigenvalue weighted by molar-refractivity contribution is 6.99. The summed E-state index contributed by atoms with van der Waals surface area (Å²) in [4.78, 5) is 38.5. The summed E-state index contributed by atoms with van der Waals surface area (Å²) in [7, 11) is -1.81. The van der Waals surface area contributed by atoms with Crippen LogP contribution in [0.25, 0.3) is 0 Å². The summed E-state index contributed by atoms with van der Waals surface area (Å²) in [5.41, 5.74) is 0. The van der Waals surface area contributed by atoms with Crippen molar-refractivity contribution in [1.29, 1.82) is 0 Å². The summed E-state index contributed by atoms with van der Waals surface area (Å²) < 4.78 is 16.8. The van der Waals surface area contributed by atoms with Crippen LogP contribution in [0, 0.1) is 0 Å². The van der Waals surface area contributed by atoms with Gasteiger partial charge in [0.05, 0.1) is 26.1 Å². The number of aliphatic hydroxyl groups is 1. The number of nitrogens with one attached hydrogen (secondary N) is 2. The third-order valence-electron chi connectivity index (χ3n) is 6.48. The van der Waals surface area contributed by atoms with E-state index in [1.165, 1.54) is 32.4 Å². The minimum absolute atomic E-state index is 0.0204. The van der Waals surface area contributed by atoms with E-state index in [4.69, 9.17) is 13.6 Å². The molecule has 0 saturated heterocycles. The smallest absolute Gasteiger partial charge is 0.330 e. The predicted molar refractivity (Wildman–Crippen MR) is 149 cm³/mol. The molecule has 0 aliphatic carbocycles. The van der Waals surface area contributed by atoms with Crippen molar-refractivity contribution < 1.29 is 33.1 Å². The number of aliphatic hydroxyl groups excluding tert-OH is 1. The van der Waals surface area contributed by atoms with Gasteiger partial charge in [0.25, 0.3) is 14.2 Å². The van der Waals surface area contributed by atoms with Gasteiger partial charge in [-0.05, 0) is 34.5 Å². The summed E-state index contributed by atoms with van der Waals surface area (Å²) in [6.45, 7) is 7.46. The average molecular weight is 553 g/mol. The first-order valence-electron chi connectivity index (χ1n) is 12.7. The normalized spacial score (nSPS) is 14.1. The summed E-state index contributed by atoms with van der Waals surface area (Å²) in [6, 6.07) is 20.1. The van der Waals surface area contributed by atoms with E-state index in [1.807, 2.05) is 60.7 Å². The van der Waals surface area contributed by atoms with Crippen molar-refractivity contribution in [2.24, 2.45) is 0 Å². The highest BCUT2D eigenvalue weighted by atomic mass is 28.4. The lowest BCUT2D eigenvalue weighted by Crippen LogP contribution is -2.68. The lowest BCUT2D eigenvalue weighted by atomic mass is 10.1. The van der Waals surface area contributed by atoms with E-state index in [9.17, 15) is 19.5 Å². The summed E-state index contributed by atoms with van der Waals surface area (Å²) >= 11 is 0. The number of furan rings is 1. The standard InChI is InChI=1S/C29H36N2O7Si/c1-20(32)25(31-26(33)24-17-12-18-37-24)27(34)30-23(28(35)36-5)19-38-39(29(2,3)4,21-13-8-6-9-14-21)22-15-10-7-11-16-22/h6-18,20,23,25,32H,19H2,1-5H3,(H,30,34)(H,31,33). The molecule has 1 heterocycles. The molecule has 39 heavy (non-hydrogen) atoms. The highest BCUT2D eigenvalue weighted by Crippen LogP contribution is 2.36. The molecule has 208 valence electrons. The maximum Gasteiger partial charge on any atom is 0.330 e. The Bertz CT molecular complexity index is 1190. The molecular weight excluding hydrogens is 516 g/mol. The Morgan fingerprint density at radius 3 is 1.92 bits per heavy atom. The number of rotatable bonds is 11. The Morgan fingerprint density at radius 2 is 1.49 bits per heavy atom. The van der Waals surface area contributed by atoms with Crippen molar-refractivity contribution in [2.75, 3.05) is 13.7 Å². The zero-order chi connectivity index (χ0) is 28.6. The molecular formula is C29H36N2O7Si. The van der Waals surface area contributed by atoms with Gasteiger partial charge >= 0.3 is 5.97 Å². The number of carbonyl (C=O) groups excluding carboxylic acids is 3. The van der Waals surface area contributed by atoms with Crippen molar-refractivity contribution in [2.45, 2.75) is 50.9 Å². The van der Waals surface area contributed by atoms with Crippen LogP contribution in [0.3, 0.4) is 0 Å². The lowest BCUT2D eigenvalue weighted by molar-refractivity contribution is -0.146. The molecule has 0 aliphatic heterocycles. The van der Waals surface area contributed by atoms with Gasteiger partial charge in [-0.3, -0.25) is 9.59 Å². The number of ether oxygens (including phenoxy) is 1. The van der Waals surface area contributed by atoms with Crippen LogP contribution in [0.15, 0.2) is 83.5 Å².